The first-order valence-electron chi connectivity index (χ1n) is 1.88. The molecule has 0 aliphatic heterocycles. The SMILES string of the molecule is NC(=S)c1cnno1. The van der Waals surface area contributed by atoms with Gasteiger partial charge in [0.1, 0.15) is 11.2 Å². The highest BCUT2D eigenvalue weighted by atomic mass is 32.1. The summed E-state index contributed by atoms with van der Waals surface area (Å²) in [6, 6.07) is 0. The van der Waals surface area contributed by atoms with Crippen LogP contribution in [0.4, 0.5) is 0 Å². The van der Waals surface area contributed by atoms with Crippen LogP contribution in [0.1, 0.15) is 5.76 Å². The van der Waals surface area contributed by atoms with Crippen LogP contribution in [0.15, 0.2) is 10.7 Å². The minimum Gasteiger partial charge on any atom is -0.387 e. The highest BCUT2D eigenvalue weighted by Crippen LogP contribution is 1.90. The molecule has 0 spiro atoms. The van der Waals surface area contributed by atoms with Crippen molar-refractivity contribution in [2.75, 3.05) is 0 Å². The van der Waals surface area contributed by atoms with Crippen LogP contribution >= 0.6 is 12.2 Å². The molecule has 0 unspecified atom stereocenters. The van der Waals surface area contributed by atoms with Gasteiger partial charge in [0.15, 0.2) is 0 Å². The molecule has 0 amide bonds. The average molecular weight is 129 g/mol. The number of thiocarbonyl (C=S) groups is 1. The zero-order valence-electron chi connectivity index (χ0n) is 3.87. The maximum Gasteiger partial charge on any atom is 0.214 e. The monoisotopic (exact) mass is 129 g/mol. The summed E-state index contributed by atoms with van der Waals surface area (Å²) in [4.78, 5) is 0.176. The Morgan fingerprint density at radius 3 is 2.88 bits per heavy atom. The van der Waals surface area contributed by atoms with Gasteiger partial charge < -0.3 is 10.3 Å². The van der Waals surface area contributed by atoms with Gasteiger partial charge in [-0.3, -0.25) is 0 Å². The van der Waals surface area contributed by atoms with Crippen LogP contribution < -0.4 is 5.73 Å². The molecular formula is C3H3N3OS. The Morgan fingerprint density at radius 2 is 2.62 bits per heavy atom. The van der Waals surface area contributed by atoms with E-state index in [2.05, 4.69) is 27.1 Å². The van der Waals surface area contributed by atoms with Crippen LogP contribution in [-0.2, 0) is 0 Å². The topological polar surface area (TPSA) is 64.9 Å². The molecular weight excluding hydrogens is 126 g/mol. The molecule has 1 heterocycles. The van der Waals surface area contributed by atoms with Gasteiger partial charge in [0.25, 0.3) is 0 Å². The van der Waals surface area contributed by atoms with Gasteiger partial charge in [0.2, 0.25) is 5.76 Å². The first kappa shape index (κ1) is 5.17. The van der Waals surface area contributed by atoms with Crippen molar-refractivity contribution in [3.05, 3.63) is 12.0 Å². The van der Waals surface area contributed by atoms with E-state index in [9.17, 15) is 0 Å². The summed E-state index contributed by atoms with van der Waals surface area (Å²) in [5.74, 6) is 0.347. The lowest BCUT2D eigenvalue weighted by Crippen LogP contribution is -2.07. The lowest BCUT2D eigenvalue weighted by atomic mass is 10.5. The third-order valence-electron chi connectivity index (χ3n) is 0.604. The number of aromatic nitrogens is 2. The molecule has 1 rings (SSSR count). The van der Waals surface area contributed by atoms with Crippen LogP contribution in [0.25, 0.3) is 0 Å². The summed E-state index contributed by atoms with van der Waals surface area (Å²) in [7, 11) is 0. The molecule has 1 aromatic rings. The number of hydrogen-bond donors (Lipinski definition) is 1. The van der Waals surface area contributed by atoms with Gasteiger partial charge in [-0.15, -0.1) is 5.10 Å². The van der Waals surface area contributed by atoms with Gasteiger partial charge in [0, 0.05) is 5.27 Å². The number of nitrogens with two attached hydrogens (primary N) is 1. The van der Waals surface area contributed by atoms with E-state index in [1.165, 1.54) is 6.20 Å². The van der Waals surface area contributed by atoms with E-state index < -0.39 is 0 Å². The normalized spacial score (nSPS) is 9.00. The van der Waals surface area contributed by atoms with E-state index >= 15 is 0 Å². The second-order valence-electron chi connectivity index (χ2n) is 1.15. The van der Waals surface area contributed by atoms with Crippen molar-refractivity contribution < 1.29 is 4.52 Å². The van der Waals surface area contributed by atoms with Gasteiger partial charge in [0.05, 0.1) is 0 Å². The molecule has 1 aromatic heterocycles. The Bertz CT molecular complexity index is 182. The second-order valence-corrected chi connectivity index (χ2v) is 1.59. The number of rotatable bonds is 1. The molecule has 0 atom stereocenters. The average Bonchev–Trinajstić information content (AvgIpc) is 2.12. The van der Waals surface area contributed by atoms with Crippen molar-refractivity contribution in [1.82, 2.24) is 10.4 Å². The molecule has 2 N–H and O–H groups in total. The van der Waals surface area contributed by atoms with E-state index in [1.54, 1.807) is 0 Å². The zero-order valence-corrected chi connectivity index (χ0v) is 4.68. The Kier molecular flexibility index (Phi) is 1.21. The summed E-state index contributed by atoms with van der Waals surface area (Å²) in [5, 5.41) is 6.51. The van der Waals surface area contributed by atoms with Crippen LogP contribution in [-0.4, -0.2) is 15.4 Å². The van der Waals surface area contributed by atoms with Crippen LogP contribution in [0.3, 0.4) is 0 Å². The quantitative estimate of drug-likeness (QED) is 0.527. The summed E-state index contributed by atoms with van der Waals surface area (Å²) >= 11 is 4.52. The van der Waals surface area contributed by atoms with Gasteiger partial charge in [-0.2, -0.15) is 0 Å². The fourth-order valence-corrected chi connectivity index (χ4v) is 0.366. The first-order valence-corrected chi connectivity index (χ1v) is 2.28. The molecule has 0 radical (unpaired) electrons. The highest BCUT2D eigenvalue weighted by molar-refractivity contribution is 7.80. The largest absolute Gasteiger partial charge is 0.387 e. The zero-order chi connectivity index (χ0) is 5.98. The Balaban J connectivity index is 2.93. The van der Waals surface area contributed by atoms with Gasteiger partial charge in [-0.25, -0.2) is 0 Å². The predicted octanol–water partition coefficient (Wildman–Crippen LogP) is -0.296. The van der Waals surface area contributed by atoms with Crippen molar-refractivity contribution >= 4 is 17.2 Å². The van der Waals surface area contributed by atoms with Crippen molar-refractivity contribution in [3.63, 3.8) is 0 Å². The van der Waals surface area contributed by atoms with Crippen LogP contribution in [0, 0.1) is 0 Å². The highest BCUT2D eigenvalue weighted by Gasteiger charge is 1.97. The van der Waals surface area contributed by atoms with E-state index in [0.29, 0.717) is 5.76 Å². The van der Waals surface area contributed by atoms with Crippen LogP contribution in [0.5, 0.6) is 0 Å². The molecule has 0 bridgehead atoms. The fraction of sp³-hybridized carbons (Fsp3) is 0. The van der Waals surface area contributed by atoms with Gasteiger partial charge >= 0.3 is 0 Å². The maximum absolute atomic E-state index is 5.12. The minimum absolute atomic E-state index is 0.176. The molecule has 42 valence electrons. The molecule has 0 aliphatic rings. The first-order chi connectivity index (χ1) is 3.80. The number of nitrogens with zero attached hydrogens (tertiary/aromatic N) is 2. The smallest absolute Gasteiger partial charge is 0.214 e. The molecule has 0 fully saturated rings. The van der Waals surface area contributed by atoms with E-state index in [0.717, 1.165) is 0 Å². The van der Waals surface area contributed by atoms with Crippen LogP contribution in [0.2, 0.25) is 0 Å². The molecule has 0 aromatic carbocycles. The molecule has 0 aliphatic carbocycles. The van der Waals surface area contributed by atoms with Crippen molar-refractivity contribution in [2.24, 2.45) is 5.73 Å². The Hall–Kier alpha value is -0.970. The van der Waals surface area contributed by atoms with Gasteiger partial charge in [-0.1, -0.05) is 12.2 Å². The second kappa shape index (κ2) is 1.87. The predicted molar refractivity (Wildman–Crippen MR) is 30.2 cm³/mol. The van der Waals surface area contributed by atoms with E-state index in [-0.39, 0.29) is 4.99 Å². The van der Waals surface area contributed by atoms with Crippen molar-refractivity contribution in [3.8, 4) is 0 Å². The molecule has 0 saturated carbocycles. The minimum atomic E-state index is 0.176. The Labute approximate surface area is 50.6 Å². The summed E-state index contributed by atoms with van der Waals surface area (Å²) in [5.41, 5.74) is 5.12. The fourth-order valence-electron chi connectivity index (χ4n) is 0.276. The third-order valence-corrected chi connectivity index (χ3v) is 0.805. The summed E-state index contributed by atoms with van der Waals surface area (Å²) < 4.78 is 4.47. The molecule has 8 heavy (non-hydrogen) atoms. The third kappa shape index (κ3) is 0.812. The van der Waals surface area contributed by atoms with E-state index in [1.807, 2.05) is 0 Å². The summed E-state index contributed by atoms with van der Waals surface area (Å²) in [6.07, 6.45) is 1.36. The van der Waals surface area contributed by atoms with Crippen molar-refractivity contribution in [1.29, 1.82) is 0 Å². The van der Waals surface area contributed by atoms with Crippen molar-refractivity contribution in [2.45, 2.75) is 0 Å². The van der Waals surface area contributed by atoms with E-state index in [4.69, 9.17) is 5.73 Å². The summed E-state index contributed by atoms with van der Waals surface area (Å²) in [6.45, 7) is 0. The molecule has 4 nitrogen and oxygen atoms in total. The lowest BCUT2D eigenvalue weighted by Gasteiger charge is -1.80. The lowest BCUT2D eigenvalue weighted by molar-refractivity contribution is 0.388. The standard InChI is InChI=1S/C3H3N3OS/c4-3(8)2-1-5-6-7-2/h1H,(H2,4,8). The van der Waals surface area contributed by atoms with Gasteiger partial charge in [-0.05, 0) is 0 Å². The number of hydrogen-bond acceptors (Lipinski definition) is 4. The molecule has 0 saturated heterocycles. The Morgan fingerprint density at radius 1 is 1.88 bits per heavy atom. The maximum atomic E-state index is 5.12. The molecule has 5 heteroatoms.